The van der Waals surface area contributed by atoms with Crippen LogP contribution < -0.4 is 0 Å². The Morgan fingerprint density at radius 2 is 2.50 bits per heavy atom. The van der Waals surface area contributed by atoms with Gasteiger partial charge in [-0.15, -0.1) is 0 Å². The molecule has 0 aromatic heterocycles. The second-order valence-electron chi connectivity index (χ2n) is 1.64. The third-order valence-corrected chi connectivity index (χ3v) is 0.927. The molecule has 0 N–H and O–H groups in total. The molecule has 10 heavy (non-hydrogen) atoms. The van der Waals surface area contributed by atoms with Crippen LogP contribution in [0.3, 0.4) is 0 Å². The largest absolute Gasteiger partial charge is 0.295 e. The highest BCUT2D eigenvalue weighted by Crippen LogP contribution is 1.88. The van der Waals surface area contributed by atoms with Gasteiger partial charge >= 0.3 is 0 Å². The lowest BCUT2D eigenvalue weighted by molar-refractivity contribution is 1.34. The number of hydrogen-bond acceptors (Lipinski definition) is 4. The van der Waals surface area contributed by atoms with Crippen LogP contribution in [-0.4, -0.2) is 38.2 Å². The van der Waals surface area contributed by atoms with Gasteiger partial charge in [0.05, 0.1) is 6.54 Å². The number of rotatable bonds is 1. The lowest BCUT2D eigenvalue weighted by Gasteiger charge is -1.79. The van der Waals surface area contributed by atoms with Gasteiger partial charge in [-0.3, -0.25) is 4.99 Å². The van der Waals surface area contributed by atoms with Crippen molar-refractivity contribution in [3.63, 3.8) is 0 Å². The van der Waals surface area contributed by atoms with Crippen LogP contribution in [0.5, 0.6) is 0 Å². The molecule has 1 aliphatic rings. The minimum absolute atomic E-state index is 0.528. The highest BCUT2D eigenvalue weighted by atomic mass is 15.1. The van der Waals surface area contributed by atoms with Crippen molar-refractivity contribution in [1.29, 1.82) is 0 Å². The summed E-state index contributed by atoms with van der Waals surface area (Å²) in [5.41, 5.74) is 0. The van der Waals surface area contributed by atoms with Gasteiger partial charge in [0, 0.05) is 25.7 Å². The van der Waals surface area contributed by atoms with Crippen LogP contribution >= 0.6 is 0 Å². The fourth-order valence-electron chi connectivity index (χ4n) is 0.527. The van der Waals surface area contributed by atoms with Gasteiger partial charge in [-0.2, -0.15) is 0 Å². The molecule has 0 saturated carbocycles. The first-order valence-electron chi connectivity index (χ1n) is 2.95. The first kappa shape index (κ1) is 6.80. The van der Waals surface area contributed by atoms with E-state index in [2.05, 4.69) is 20.0 Å². The standard InChI is InChI=1S/C6H8N4/c1-7-2-3-8-6-9-4-5-10-6/h2-4H,5H2,1H3. The van der Waals surface area contributed by atoms with Crippen LogP contribution in [-0.2, 0) is 0 Å². The molecule has 0 radical (unpaired) electrons. The van der Waals surface area contributed by atoms with Gasteiger partial charge in [0.2, 0.25) is 5.96 Å². The first-order chi connectivity index (χ1) is 4.93. The van der Waals surface area contributed by atoms with E-state index in [0.29, 0.717) is 12.5 Å². The molecule has 0 fully saturated rings. The number of nitrogens with zero attached hydrogens (tertiary/aromatic N) is 4. The van der Waals surface area contributed by atoms with Crippen LogP contribution in [0.1, 0.15) is 0 Å². The summed E-state index contributed by atoms with van der Waals surface area (Å²) in [6.45, 7) is 0.649. The van der Waals surface area contributed by atoms with Crippen molar-refractivity contribution < 1.29 is 0 Å². The van der Waals surface area contributed by atoms with Crippen molar-refractivity contribution in [1.82, 2.24) is 0 Å². The zero-order valence-electron chi connectivity index (χ0n) is 5.73. The lowest BCUT2D eigenvalue weighted by Crippen LogP contribution is -1.85. The van der Waals surface area contributed by atoms with Gasteiger partial charge in [-0.1, -0.05) is 0 Å². The Labute approximate surface area is 59.1 Å². The van der Waals surface area contributed by atoms with E-state index in [0.717, 1.165) is 0 Å². The maximum Gasteiger partial charge on any atom is 0.244 e. The molecule has 1 rings (SSSR count). The van der Waals surface area contributed by atoms with Crippen LogP contribution in [0.4, 0.5) is 0 Å². The summed E-state index contributed by atoms with van der Waals surface area (Å²) < 4.78 is 0. The minimum Gasteiger partial charge on any atom is -0.295 e. The monoisotopic (exact) mass is 136 g/mol. The van der Waals surface area contributed by atoms with E-state index >= 15 is 0 Å². The third-order valence-electron chi connectivity index (χ3n) is 0.927. The van der Waals surface area contributed by atoms with E-state index in [1.807, 2.05) is 0 Å². The molecular weight excluding hydrogens is 128 g/mol. The summed E-state index contributed by atoms with van der Waals surface area (Å²) in [5.74, 6) is 0.528. The highest BCUT2D eigenvalue weighted by molar-refractivity contribution is 6.19. The SMILES string of the molecule is CN=CC=NC1=NCC=N1. The van der Waals surface area contributed by atoms with E-state index in [1.54, 1.807) is 25.7 Å². The molecule has 0 saturated heterocycles. The molecular formula is C6H8N4. The Morgan fingerprint density at radius 1 is 1.60 bits per heavy atom. The Kier molecular flexibility index (Phi) is 2.49. The number of hydrogen-bond donors (Lipinski definition) is 0. The molecule has 0 amide bonds. The zero-order chi connectivity index (χ0) is 7.23. The van der Waals surface area contributed by atoms with Crippen molar-refractivity contribution in [2.45, 2.75) is 0 Å². The number of aliphatic imine (C=N–C) groups is 4. The van der Waals surface area contributed by atoms with Crippen LogP contribution in [0.25, 0.3) is 0 Å². The normalized spacial score (nSPS) is 17.5. The zero-order valence-corrected chi connectivity index (χ0v) is 5.73. The summed E-state index contributed by atoms with van der Waals surface area (Å²) in [5, 5.41) is 0. The summed E-state index contributed by atoms with van der Waals surface area (Å²) in [7, 11) is 1.69. The second kappa shape index (κ2) is 3.66. The highest BCUT2D eigenvalue weighted by Gasteiger charge is 1.93. The summed E-state index contributed by atoms with van der Waals surface area (Å²) in [6.07, 6.45) is 4.88. The fraction of sp³-hybridized carbons (Fsp3) is 0.333. The molecule has 0 aromatic rings. The van der Waals surface area contributed by atoms with E-state index in [9.17, 15) is 0 Å². The third kappa shape index (κ3) is 1.89. The smallest absolute Gasteiger partial charge is 0.244 e. The van der Waals surface area contributed by atoms with Crippen molar-refractivity contribution in [2.24, 2.45) is 20.0 Å². The summed E-state index contributed by atoms with van der Waals surface area (Å²) >= 11 is 0. The molecule has 1 aliphatic heterocycles. The Morgan fingerprint density at radius 3 is 3.10 bits per heavy atom. The molecule has 0 aromatic carbocycles. The summed E-state index contributed by atoms with van der Waals surface area (Å²) in [4.78, 5) is 15.4. The maximum absolute atomic E-state index is 3.94. The summed E-state index contributed by atoms with van der Waals surface area (Å²) in [6, 6.07) is 0. The average molecular weight is 136 g/mol. The minimum atomic E-state index is 0.528. The molecule has 4 nitrogen and oxygen atoms in total. The maximum atomic E-state index is 3.94. The average Bonchev–Trinajstić information content (AvgIpc) is 2.41. The Hall–Kier alpha value is -1.32. The van der Waals surface area contributed by atoms with Crippen LogP contribution in [0.2, 0.25) is 0 Å². The van der Waals surface area contributed by atoms with Gasteiger partial charge in [-0.25, -0.2) is 15.0 Å². The van der Waals surface area contributed by atoms with Crippen molar-refractivity contribution in [3.8, 4) is 0 Å². The van der Waals surface area contributed by atoms with Gasteiger partial charge in [0.25, 0.3) is 0 Å². The van der Waals surface area contributed by atoms with Crippen LogP contribution in [0.15, 0.2) is 20.0 Å². The molecule has 52 valence electrons. The van der Waals surface area contributed by atoms with E-state index in [-0.39, 0.29) is 0 Å². The van der Waals surface area contributed by atoms with E-state index in [4.69, 9.17) is 0 Å². The van der Waals surface area contributed by atoms with Gasteiger partial charge in [-0.05, 0) is 0 Å². The van der Waals surface area contributed by atoms with Crippen molar-refractivity contribution in [3.05, 3.63) is 0 Å². The molecule has 0 atom stereocenters. The van der Waals surface area contributed by atoms with E-state index in [1.165, 1.54) is 0 Å². The Balaban J connectivity index is 2.44. The second-order valence-corrected chi connectivity index (χ2v) is 1.64. The fourth-order valence-corrected chi connectivity index (χ4v) is 0.527. The quantitative estimate of drug-likeness (QED) is 0.462. The van der Waals surface area contributed by atoms with Gasteiger partial charge in [0.15, 0.2) is 0 Å². The lowest BCUT2D eigenvalue weighted by atomic mass is 10.8. The molecule has 0 spiro atoms. The van der Waals surface area contributed by atoms with Crippen molar-refractivity contribution in [2.75, 3.05) is 13.6 Å². The molecule has 0 bridgehead atoms. The van der Waals surface area contributed by atoms with Crippen molar-refractivity contribution >= 4 is 24.6 Å². The predicted molar refractivity (Wildman–Crippen MR) is 43.7 cm³/mol. The molecule has 0 aliphatic carbocycles. The van der Waals surface area contributed by atoms with E-state index < -0.39 is 0 Å². The van der Waals surface area contributed by atoms with Gasteiger partial charge in [0.1, 0.15) is 0 Å². The van der Waals surface area contributed by atoms with Crippen LogP contribution in [0, 0.1) is 0 Å². The predicted octanol–water partition coefficient (Wildman–Crippen LogP) is 0.198. The van der Waals surface area contributed by atoms with Gasteiger partial charge < -0.3 is 0 Å². The molecule has 4 heteroatoms. The number of guanidine groups is 1. The topological polar surface area (TPSA) is 49.4 Å². The first-order valence-corrected chi connectivity index (χ1v) is 2.95. The molecule has 0 unspecified atom stereocenters. The Bertz CT molecular complexity index is 212. The molecule has 1 heterocycles.